The van der Waals surface area contributed by atoms with Gasteiger partial charge < -0.3 is 19.8 Å². The molecule has 0 saturated carbocycles. The number of carbonyl (C=O) groups is 2. The van der Waals surface area contributed by atoms with E-state index >= 15 is 0 Å². The lowest BCUT2D eigenvalue weighted by molar-refractivity contribution is 0.0642. The van der Waals surface area contributed by atoms with Crippen molar-refractivity contribution >= 4 is 23.3 Å². The van der Waals surface area contributed by atoms with Crippen molar-refractivity contribution < 1.29 is 14.7 Å². The lowest BCUT2D eigenvalue weighted by Crippen LogP contribution is -2.42. The van der Waals surface area contributed by atoms with E-state index in [4.69, 9.17) is 0 Å². The number of benzene rings is 2. The van der Waals surface area contributed by atoms with Crippen LogP contribution in [-0.4, -0.2) is 65.0 Å². The van der Waals surface area contributed by atoms with Gasteiger partial charge in [0, 0.05) is 35.1 Å². The van der Waals surface area contributed by atoms with Crippen molar-refractivity contribution in [2.24, 2.45) is 0 Å². The first-order valence-corrected chi connectivity index (χ1v) is 11.4. The number of anilines is 2. The number of carboxylic acid groups (broad SMARTS) is 1. The van der Waals surface area contributed by atoms with Gasteiger partial charge in [0.1, 0.15) is 0 Å². The molecular formula is C26H35N3O3. The first-order chi connectivity index (χ1) is 15.2. The number of piperidine rings is 1. The number of nitrogens with zero attached hydrogens (tertiary/aromatic N) is 3. The van der Waals surface area contributed by atoms with Crippen LogP contribution in [0.25, 0.3) is 0 Å². The smallest absolute Gasteiger partial charge is 0.335 e. The van der Waals surface area contributed by atoms with Crippen LogP contribution in [0.5, 0.6) is 0 Å². The summed E-state index contributed by atoms with van der Waals surface area (Å²) in [4.78, 5) is 31.1. The lowest BCUT2D eigenvalue weighted by atomic mass is 10.0. The summed E-state index contributed by atoms with van der Waals surface area (Å²) < 4.78 is 0. The Morgan fingerprint density at radius 1 is 0.906 bits per heavy atom. The molecule has 0 bridgehead atoms. The third kappa shape index (κ3) is 5.30. The Morgan fingerprint density at radius 2 is 1.50 bits per heavy atom. The molecule has 0 aromatic heterocycles. The number of aromatic carboxylic acids is 1. The Hall–Kier alpha value is -2.86. The Labute approximate surface area is 191 Å². The highest BCUT2D eigenvalue weighted by Crippen LogP contribution is 2.33. The molecule has 6 heteroatoms. The van der Waals surface area contributed by atoms with E-state index in [0.717, 1.165) is 37.3 Å². The van der Waals surface area contributed by atoms with Gasteiger partial charge in [-0.2, -0.15) is 0 Å². The zero-order chi connectivity index (χ0) is 23.4. The molecular weight excluding hydrogens is 402 g/mol. The molecule has 0 radical (unpaired) electrons. The molecule has 1 saturated heterocycles. The number of rotatable bonds is 7. The molecule has 2 aromatic rings. The summed E-state index contributed by atoms with van der Waals surface area (Å²) in [6, 6.07) is 15.4. The molecule has 32 heavy (non-hydrogen) atoms. The normalized spacial score (nSPS) is 15.2. The molecule has 1 fully saturated rings. The first kappa shape index (κ1) is 23.8. The predicted molar refractivity (Wildman–Crippen MR) is 129 cm³/mol. The maximum atomic E-state index is 13.1. The molecule has 0 atom stereocenters. The standard InChI is InChI=1S/C26H35N3O3/c1-18(2)28(19(3)4)25(30)20-9-11-22(12-10-20)29(23-13-15-27(5)16-14-23)24-8-6-7-21(17-24)26(31)32/h6-12,17-19,23H,13-16H2,1-5H3,(H,31,32). The van der Waals surface area contributed by atoms with Crippen LogP contribution in [0.15, 0.2) is 48.5 Å². The molecule has 172 valence electrons. The number of likely N-dealkylation sites (tertiary alicyclic amines) is 1. The highest BCUT2D eigenvalue weighted by molar-refractivity contribution is 5.95. The molecule has 6 nitrogen and oxygen atoms in total. The van der Waals surface area contributed by atoms with Gasteiger partial charge in [0.05, 0.1) is 5.56 Å². The number of hydrogen-bond donors (Lipinski definition) is 1. The van der Waals surface area contributed by atoms with Crippen molar-refractivity contribution in [3.63, 3.8) is 0 Å². The fourth-order valence-electron chi connectivity index (χ4n) is 4.59. The summed E-state index contributed by atoms with van der Waals surface area (Å²) in [6.45, 7) is 10.1. The van der Waals surface area contributed by atoms with Crippen molar-refractivity contribution in [1.29, 1.82) is 0 Å². The zero-order valence-corrected chi connectivity index (χ0v) is 19.8. The molecule has 2 aromatic carbocycles. The summed E-state index contributed by atoms with van der Waals surface area (Å²) in [6.07, 6.45) is 1.98. The molecule has 1 heterocycles. The molecule has 1 amide bonds. The van der Waals surface area contributed by atoms with E-state index in [9.17, 15) is 14.7 Å². The molecule has 1 aliphatic rings. The second-order valence-electron chi connectivity index (χ2n) is 9.21. The number of carboxylic acids is 1. The van der Waals surface area contributed by atoms with Gasteiger partial charge in [-0.15, -0.1) is 0 Å². The Bertz CT molecular complexity index is 924. The van der Waals surface area contributed by atoms with E-state index in [-0.39, 0.29) is 29.6 Å². The summed E-state index contributed by atoms with van der Waals surface area (Å²) in [5.41, 5.74) is 2.78. The summed E-state index contributed by atoms with van der Waals surface area (Å²) in [7, 11) is 2.13. The number of hydrogen-bond acceptors (Lipinski definition) is 4. The van der Waals surface area contributed by atoms with Crippen molar-refractivity contribution in [2.75, 3.05) is 25.0 Å². The first-order valence-electron chi connectivity index (χ1n) is 11.4. The monoisotopic (exact) mass is 437 g/mol. The van der Waals surface area contributed by atoms with Crippen LogP contribution in [0.4, 0.5) is 11.4 Å². The molecule has 1 aliphatic heterocycles. The minimum absolute atomic E-state index is 0.0280. The largest absolute Gasteiger partial charge is 0.478 e. The second kappa shape index (κ2) is 10.2. The lowest BCUT2D eigenvalue weighted by Gasteiger charge is -2.39. The summed E-state index contributed by atoms with van der Waals surface area (Å²) in [5, 5.41) is 9.48. The van der Waals surface area contributed by atoms with Gasteiger partial charge in [-0.1, -0.05) is 6.07 Å². The van der Waals surface area contributed by atoms with E-state index in [1.165, 1.54) is 0 Å². The van der Waals surface area contributed by atoms with Crippen molar-refractivity contribution in [3.05, 3.63) is 59.7 Å². The average Bonchev–Trinajstić information content (AvgIpc) is 2.75. The third-order valence-corrected chi connectivity index (χ3v) is 6.16. The Kier molecular flexibility index (Phi) is 7.56. The van der Waals surface area contributed by atoms with Gasteiger partial charge in [0.25, 0.3) is 5.91 Å². The molecule has 0 spiro atoms. The minimum atomic E-state index is -0.932. The molecule has 3 rings (SSSR count). The van der Waals surface area contributed by atoms with Crippen LogP contribution < -0.4 is 4.90 Å². The van der Waals surface area contributed by atoms with Gasteiger partial charge in [-0.25, -0.2) is 4.79 Å². The van der Waals surface area contributed by atoms with Gasteiger partial charge in [-0.3, -0.25) is 4.79 Å². The van der Waals surface area contributed by atoms with Crippen LogP contribution in [0.1, 0.15) is 61.3 Å². The van der Waals surface area contributed by atoms with E-state index in [2.05, 4.69) is 16.8 Å². The van der Waals surface area contributed by atoms with Crippen molar-refractivity contribution in [2.45, 2.75) is 58.7 Å². The van der Waals surface area contributed by atoms with Crippen molar-refractivity contribution in [1.82, 2.24) is 9.80 Å². The SMILES string of the molecule is CC(C)N(C(=O)c1ccc(N(c2cccc(C(=O)O)c2)C2CCN(C)CC2)cc1)C(C)C. The number of carbonyl (C=O) groups excluding carboxylic acids is 1. The van der Waals surface area contributed by atoms with Crippen LogP contribution >= 0.6 is 0 Å². The van der Waals surface area contributed by atoms with Crippen LogP contribution in [-0.2, 0) is 0 Å². The zero-order valence-electron chi connectivity index (χ0n) is 19.8. The average molecular weight is 438 g/mol. The van der Waals surface area contributed by atoms with Gasteiger partial charge in [0.2, 0.25) is 0 Å². The predicted octanol–water partition coefficient (Wildman–Crippen LogP) is 4.88. The van der Waals surface area contributed by atoms with Gasteiger partial charge in [0.15, 0.2) is 0 Å². The van der Waals surface area contributed by atoms with Crippen molar-refractivity contribution in [3.8, 4) is 0 Å². The fraction of sp³-hybridized carbons (Fsp3) is 0.462. The van der Waals surface area contributed by atoms with Crippen LogP contribution in [0.3, 0.4) is 0 Å². The van der Waals surface area contributed by atoms with E-state index in [1.807, 2.05) is 62.9 Å². The summed E-state index contributed by atoms with van der Waals surface area (Å²) in [5.74, 6) is -0.904. The van der Waals surface area contributed by atoms with E-state index in [1.54, 1.807) is 18.2 Å². The molecule has 0 unspecified atom stereocenters. The molecule has 0 aliphatic carbocycles. The van der Waals surface area contributed by atoms with Gasteiger partial charge in [-0.05, 0) is 103 Å². The number of amides is 1. The Morgan fingerprint density at radius 3 is 2.03 bits per heavy atom. The van der Waals surface area contributed by atoms with E-state index in [0.29, 0.717) is 5.56 Å². The highest BCUT2D eigenvalue weighted by atomic mass is 16.4. The maximum absolute atomic E-state index is 13.1. The van der Waals surface area contributed by atoms with Gasteiger partial charge >= 0.3 is 5.97 Å². The fourth-order valence-corrected chi connectivity index (χ4v) is 4.59. The van der Waals surface area contributed by atoms with Crippen LogP contribution in [0.2, 0.25) is 0 Å². The van der Waals surface area contributed by atoms with Crippen LogP contribution in [0, 0.1) is 0 Å². The third-order valence-electron chi connectivity index (χ3n) is 6.16. The van der Waals surface area contributed by atoms with E-state index < -0.39 is 5.97 Å². The Balaban J connectivity index is 1.96. The molecule has 1 N–H and O–H groups in total. The highest BCUT2D eigenvalue weighted by Gasteiger charge is 2.26. The maximum Gasteiger partial charge on any atom is 0.335 e. The second-order valence-corrected chi connectivity index (χ2v) is 9.21. The summed E-state index contributed by atoms with van der Waals surface area (Å²) >= 11 is 0. The minimum Gasteiger partial charge on any atom is -0.478 e. The topological polar surface area (TPSA) is 64.1 Å². The quantitative estimate of drug-likeness (QED) is 0.669.